The zero-order valence-corrected chi connectivity index (χ0v) is 19.3. The molecule has 2 aromatic carbocycles. The number of halogens is 1. The van der Waals surface area contributed by atoms with Gasteiger partial charge in [-0.25, -0.2) is 9.48 Å². The Kier molecular flexibility index (Phi) is 6.65. The summed E-state index contributed by atoms with van der Waals surface area (Å²) in [7, 11) is 1.51. The van der Waals surface area contributed by atoms with E-state index >= 15 is 0 Å². The second kappa shape index (κ2) is 9.80. The molecule has 0 spiro atoms. The fraction of sp³-hybridized carbons (Fsp3) is 0.167. The highest BCUT2D eigenvalue weighted by molar-refractivity contribution is 6.30. The van der Waals surface area contributed by atoms with E-state index in [2.05, 4.69) is 10.4 Å². The largest absolute Gasteiger partial charge is 0.494 e. The number of carbonyl (C=O) groups excluding carboxylic acids is 1. The Morgan fingerprint density at radius 1 is 1.24 bits per heavy atom. The molecule has 174 valence electrons. The van der Waals surface area contributed by atoms with Crippen molar-refractivity contribution in [3.63, 3.8) is 0 Å². The summed E-state index contributed by atoms with van der Waals surface area (Å²) in [4.78, 5) is 26.2. The van der Waals surface area contributed by atoms with Gasteiger partial charge in [-0.3, -0.25) is 9.69 Å². The third-order valence-electron chi connectivity index (χ3n) is 5.01. The molecule has 0 radical (unpaired) electrons. The molecule has 0 saturated carbocycles. The van der Waals surface area contributed by atoms with Gasteiger partial charge in [-0.15, -0.1) is 0 Å². The van der Waals surface area contributed by atoms with E-state index in [1.165, 1.54) is 35.0 Å². The van der Waals surface area contributed by atoms with Crippen molar-refractivity contribution in [2.75, 3.05) is 30.5 Å². The topological polar surface area (TPSA) is 110 Å². The van der Waals surface area contributed by atoms with Crippen LogP contribution in [0.2, 0.25) is 5.02 Å². The van der Waals surface area contributed by atoms with E-state index in [0.717, 1.165) is 0 Å². The number of benzene rings is 2. The van der Waals surface area contributed by atoms with Crippen molar-refractivity contribution < 1.29 is 14.3 Å². The number of hydrogen-bond donors (Lipinski definition) is 2. The fourth-order valence-corrected chi connectivity index (χ4v) is 3.67. The van der Waals surface area contributed by atoms with Crippen LogP contribution in [0.4, 0.5) is 16.2 Å². The van der Waals surface area contributed by atoms with Gasteiger partial charge in [-0.1, -0.05) is 17.7 Å². The van der Waals surface area contributed by atoms with Crippen LogP contribution >= 0.6 is 11.6 Å². The van der Waals surface area contributed by atoms with E-state index in [4.69, 9.17) is 26.5 Å². The van der Waals surface area contributed by atoms with Crippen molar-refractivity contribution in [1.29, 1.82) is 5.41 Å². The number of carbonyl (C=O) groups is 1. The number of allylic oxidation sites excluding steroid dienone is 1. The summed E-state index contributed by atoms with van der Waals surface area (Å²) in [5.41, 5.74) is 2.22. The van der Waals surface area contributed by atoms with Crippen LogP contribution in [0.15, 0.2) is 65.6 Å². The predicted molar refractivity (Wildman–Crippen MR) is 132 cm³/mol. The minimum absolute atomic E-state index is 0.114. The maximum Gasteiger partial charge on any atom is 0.414 e. The molecule has 1 aromatic heterocycles. The summed E-state index contributed by atoms with van der Waals surface area (Å²) < 4.78 is 12.1. The van der Waals surface area contributed by atoms with E-state index < -0.39 is 6.09 Å². The van der Waals surface area contributed by atoms with Crippen molar-refractivity contribution >= 4 is 40.5 Å². The molecule has 1 amide bonds. The summed E-state index contributed by atoms with van der Waals surface area (Å²) in [5, 5.41) is 16.1. The van der Waals surface area contributed by atoms with E-state index in [-0.39, 0.29) is 16.8 Å². The maximum atomic E-state index is 12.8. The highest BCUT2D eigenvalue weighted by atomic mass is 35.5. The second-order valence-electron chi connectivity index (χ2n) is 7.47. The maximum absolute atomic E-state index is 12.8. The molecule has 4 rings (SSSR count). The van der Waals surface area contributed by atoms with Crippen molar-refractivity contribution in [2.45, 2.75) is 6.92 Å². The van der Waals surface area contributed by atoms with Gasteiger partial charge in [0.1, 0.15) is 18.0 Å². The van der Waals surface area contributed by atoms with Gasteiger partial charge in [-0.2, -0.15) is 5.10 Å². The molecule has 9 nitrogen and oxygen atoms in total. The number of nitrogens with zero attached hydrogens (tertiary/aromatic N) is 3. The SMILES string of the molecule is COc1cc(N2CCOC2=O)ccc1-n1ccc(=O)c(/C(=C/C(C)=N)Nc2cccc(Cl)c2)n1. The zero-order valence-electron chi connectivity index (χ0n) is 18.5. The Hall–Kier alpha value is -4.11. The highest BCUT2D eigenvalue weighted by Crippen LogP contribution is 2.30. The van der Waals surface area contributed by atoms with Crippen LogP contribution < -0.4 is 20.4 Å². The van der Waals surface area contributed by atoms with Gasteiger partial charge in [0.15, 0.2) is 5.69 Å². The number of aromatic nitrogens is 2. The van der Waals surface area contributed by atoms with Crippen molar-refractivity contribution in [2.24, 2.45) is 0 Å². The van der Waals surface area contributed by atoms with Crippen molar-refractivity contribution in [3.05, 3.63) is 81.7 Å². The van der Waals surface area contributed by atoms with E-state index in [9.17, 15) is 9.59 Å². The van der Waals surface area contributed by atoms with Crippen molar-refractivity contribution in [3.8, 4) is 11.4 Å². The lowest BCUT2D eigenvalue weighted by Crippen LogP contribution is -2.23. The first kappa shape index (κ1) is 23.1. The van der Waals surface area contributed by atoms with Crippen LogP contribution in [-0.4, -0.2) is 41.8 Å². The normalized spacial score (nSPS) is 13.6. The summed E-state index contributed by atoms with van der Waals surface area (Å²) in [6.45, 7) is 2.38. The number of methoxy groups -OCH3 is 1. The first-order valence-electron chi connectivity index (χ1n) is 10.4. The molecule has 34 heavy (non-hydrogen) atoms. The number of rotatable bonds is 7. The molecule has 1 saturated heterocycles. The number of ether oxygens (including phenoxy) is 2. The third-order valence-corrected chi connectivity index (χ3v) is 5.25. The number of nitrogens with one attached hydrogen (secondary N) is 2. The van der Waals surface area contributed by atoms with Crippen LogP contribution in [0.1, 0.15) is 12.6 Å². The second-order valence-corrected chi connectivity index (χ2v) is 7.91. The van der Waals surface area contributed by atoms with Gasteiger partial charge in [0.2, 0.25) is 5.43 Å². The summed E-state index contributed by atoms with van der Waals surface area (Å²) >= 11 is 6.09. The molecular formula is C24H22ClN5O4. The molecule has 0 bridgehead atoms. The standard InChI is InChI=1S/C24H22ClN5O4/c1-15(26)12-19(27-17-5-3-4-16(25)13-17)23-21(31)8-9-30(28-23)20-7-6-18(14-22(20)33-2)29-10-11-34-24(29)32/h3-9,12-14,26-27H,10-11H2,1-2H3/b19-12-,26-15?. The summed E-state index contributed by atoms with van der Waals surface area (Å²) in [6.07, 6.45) is 2.64. The molecule has 0 aliphatic carbocycles. The molecule has 1 aliphatic rings. The minimum Gasteiger partial charge on any atom is -0.494 e. The van der Waals surface area contributed by atoms with Crippen LogP contribution in [-0.2, 0) is 4.74 Å². The molecule has 0 unspecified atom stereocenters. The first-order chi connectivity index (χ1) is 16.4. The molecule has 10 heteroatoms. The molecule has 1 aliphatic heterocycles. The average Bonchev–Trinajstić information content (AvgIpc) is 3.24. The van der Waals surface area contributed by atoms with Gasteiger partial charge in [0.25, 0.3) is 0 Å². The Morgan fingerprint density at radius 3 is 2.74 bits per heavy atom. The van der Waals surface area contributed by atoms with Gasteiger partial charge < -0.3 is 20.2 Å². The Balaban J connectivity index is 1.75. The Morgan fingerprint density at radius 2 is 2.06 bits per heavy atom. The van der Waals surface area contributed by atoms with Gasteiger partial charge in [0.05, 0.1) is 25.0 Å². The number of hydrogen-bond acceptors (Lipinski definition) is 7. The molecule has 2 N–H and O–H groups in total. The lowest BCUT2D eigenvalue weighted by atomic mass is 10.2. The average molecular weight is 480 g/mol. The minimum atomic E-state index is -0.414. The first-order valence-corrected chi connectivity index (χ1v) is 10.8. The lowest BCUT2D eigenvalue weighted by Gasteiger charge is -2.17. The molecule has 0 atom stereocenters. The van der Waals surface area contributed by atoms with E-state index in [1.54, 1.807) is 49.4 Å². The quantitative estimate of drug-likeness (QED) is 0.488. The van der Waals surface area contributed by atoms with Gasteiger partial charge >= 0.3 is 6.09 Å². The van der Waals surface area contributed by atoms with Crippen LogP contribution in [0.25, 0.3) is 11.4 Å². The zero-order chi connectivity index (χ0) is 24.2. The molecule has 3 aromatic rings. The number of cyclic esters (lactones) is 1. The molecule has 1 fully saturated rings. The summed E-state index contributed by atoms with van der Waals surface area (Å²) in [6, 6.07) is 13.6. The molecule has 2 heterocycles. The van der Waals surface area contributed by atoms with Crippen LogP contribution in [0, 0.1) is 5.41 Å². The number of anilines is 2. The number of amides is 1. The predicted octanol–water partition coefficient (Wildman–Crippen LogP) is 4.34. The molecular weight excluding hydrogens is 458 g/mol. The monoisotopic (exact) mass is 479 g/mol. The van der Waals surface area contributed by atoms with Crippen LogP contribution in [0.3, 0.4) is 0 Å². The van der Waals surface area contributed by atoms with Crippen molar-refractivity contribution in [1.82, 2.24) is 9.78 Å². The Labute approximate surface area is 200 Å². The Bertz CT molecular complexity index is 1350. The fourth-order valence-electron chi connectivity index (χ4n) is 3.48. The summed E-state index contributed by atoms with van der Waals surface area (Å²) in [5.74, 6) is 0.455. The lowest BCUT2D eigenvalue weighted by molar-refractivity contribution is 0.181. The van der Waals surface area contributed by atoms with Crippen LogP contribution in [0.5, 0.6) is 5.75 Å². The van der Waals surface area contributed by atoms with Gasteiger partial charge in [-0.05, 0) is 43.3 Å². The smallest absolute Gasteiger partial charge is 0.414 e. The van der Waals surface area contributed by atoms with Gasteiger partial charge in [0, 0.05) is 34.8 Å². The van der Waals surface area contributed by atoms with E-state index in [0.29, 0.717) is 46.7 Å². The third kappa shape index (κ3) is 4.94. The van der Waals surface area contributed by atoms with E-state index in [1.807, 2.05) is 0 Å². The highest BCUT2D eigenvalue weighted by Gasteiger charge is 2.24.